The Morgan fingerprint density at radius 1 is 1.37 bits per heavy atom. The van der Waals surface area contributed by atoms with Gasteiger partial charge in [0.25, 0.3) is 5.91 Å². The smallest absolute Gasteiger partial charge is 0.251 e. The lowest BCUT2D eigenvalue weighted by Crippen LogP contribution is -2.46. The molecule has 0 saturated carbocycles. The fourth-order valence-corrected chi connectivity index (χ4v) is 1.99. The summed E-state index contributed by atoms with van der Waals surface area (Å²) in [4.78, 5) is 12.4. The van der Waals surface area contributed by atoms with Gasteiger partial charge in [-0.2, -0.15) is 0 Å². The predicted molar refractivity (Wildman–Crippen MR) is 80.5 cm³/mol. The molecule has 4 nitrogen and oxygen atoms in total. The number of hydrogen-bond acceptors (Lipinski definition) is 3. The third kappa shape index (κ3) is 4.52. The molecule has 3 N–H and O–H groups in total. The molecule has 0 saturated heterocycles. The highest BCUT2D eigenvalue weighted by molar-refractivity contribution is 7.80. The average molecular weight is 280 g/mol. The quantitative estimate of drug-likeness (QED) is 0.784. The monoisotopic (exact) mass is 280 g/mol. The SMILES string of the molecule is CCOc1ccc(C(=O)NC(C(N)=S)C(C)C)cc1. The van der Waals surface area contributed by atoms with Crippen LogP contribution < -0.4 is 15.8 Å². The maximum atomic E-state index is 12.1. The van der Waals surface area contributed by atoms with E-state index in [-0.39, 0.29) is 17.9 Å². The van der Waals surface area contributed by atoms with E-state index in [2.05, 4.69) is 5.32 Å². The Morgan fingerprint density at radius 2 is 1.95 bits per heavy atom. The molecule has 0 aromatic heterocycles. The molecule has 0 fully saturated rings. The lowest BCUT2D eigenvalue weighted by Gasteiger charge is -2.21. The molecule has 1 unspecified atom stereocenters. The van der Waals surface area contributed by atoms with Crippen molar-refractivity contribution in [2.75, 3.05) is 6.61 Å². The zero-order chi connectivity index (χ0) is 14.4. The van der Waals surface area contributed by atoms with Gasteiger partial charge < -0.3 is 15.8 Å². The highest BCUT2D eigenvalue weighted by Crippen LogP contribution is 2.12. The van der Waals surface area contributed by atoms with Crippen LogP contribution in [0.15, 0.2) is 24.3 Å². The first-order valence-corrected chi connectivity index (χ1v) is 6.69. The van der Waals surface area contributed by atoms with Crippen LogP contribution in [-0.4, -0.2) is 23.5 Å². The van der Waals surface area contributed by atoms with Gasteiger partial charge in [0.05, 0.1) is 17.6 Å². The van der Waals surface area contributed by atoms with E-state index in [0.717, 1.165) is 5.75 Å². The van der Waals surface area contributed by atoms with E-state index < -0.39 is 0 Å². The first-order chi connectivity index (χ1) is 8.95. The summed E-state index contributed by atoms with van der Waals surface area (Å²) in [5.41, 5.74) is 6.18. The molecule has 1 rings (SSSR count). The van der Waals surface area contributed by atoms with Crippen LogP contribution in [0, 0.1) is 5.92 Å². The van der Waals surface area contributed by atoms with Crippen molar-refractivity contribution in [2.24, 2.45) is 11.7 Å². The first kappa shape index (κ1) is 15.4. The van der Waals surface area contributed by atoms with Gasteiger partial charge in [0.15, 0.2) is 0 Å². The van der Waals surface area contributed by atoms with Crippen LogP contribution >= 0.6 is 12.2 Å². The van der Waals surface area contributed by atoms with Crippen molar-refractivity contribution >= 4 is 23.1 Å². The van der Waals surface area contributed by atoms with E-state index in [1.165, 1.54) is 0 Å². The Bertz CT molecular complexity index is 443. The highest BCUT2D eigenvalue weighted by Gasteiger charge is 2.19. The average Bonchev–Trinajstić information content (AvgIpc) is 2.36. The molecule has 0 bridgehead atoms. The summed E-state index contributed by atoms with van der Waals surface area (Å²) in [6.07, 6.45) is 0. The zero-order valence-corrected chi connectivity index (χ0v) is 12.3. The number of ether oxygens (including phenoxy) is 1. The van der Waals surface area contributed by atoms with Gasteiger partial charge in [-0.05, 0) is 37.1 Å². The van der Waals surface area contributed by atoms with Crippen molar-refractivity contribution < 1.29 is 9.53 Å². The van der Waals surface area contributed by atoms with E-state index in [0.29, 0.717) is 17.2 Å². The lowest BCUT2D eigenvalue weighted by atomic mass is 10.0. The van der Waals surface area contributed by atoms with Gasteiger partial charge in [-0.25, -0.2) is 0 Å². The number of carbonyl (C=O) groups is 1. The molecular formula is C14H20N2O2S. The second-order valence-electron chi connectivity index (χ2n) is 4.55. The Morgan fingerprint density at radius 3 is 2.37 bits per heavy atom. The molecule has 1 amide bonds. The predicted octanol–water partition coefficient (Wildman–Crippen LogP) is 2.13. The fourth-order valence-electron chi connectivity index (χ4n) is 1.66. The summed E-state index contributed by atoms with van der Waals surface area (Å²) < 4.78 is 5.33. The molecule has 1 atom stereocenters. The van der Waals surface area contributed by atoms with E-state index in [1.807, 2.05) is 20.8 Å². The van der Waals surface area contributed by atoms with Crippen molar-refractivity contribution in [3.05, 3.63) is 29.8 Å². The van der Waals surface area contributed by atoms with E-state index >= 15 is 0 Å². The standard InChI is InChI=1S/C14H20N2O2S/c1-4-18-11-7-5-10(6-8-11)14(17)16-12(9(2)3)13(15)19/h5-9,12H,4H2,1-3H3,(H2,15,19)(H,16,17). The maximum absolute atomic E-state index is 12.1. The summed E-state index contributed by atoms with van der Waals surface area (Å²) in [5, 5.41) is 2.84. The van der Waals surface area contributed by atoms with Crippen molar-refractivity contribution in [2.45, 2.75) is 26.8 Å². The van der Waals surface area contributed by atoms with Crippen LogP contribution in [0.2, 0.25) is 0 Å². The summed E-state index contributed by atoms with van der Waals surface area (Å²) in [7, 11) is 0. The molecule has 0 heterocycles. The van der Waals surface area contributed by atoms with Gasteiger partial charge in [-0.3, -0.25) is 4.79 Å². The highest BCUT2D eigenvalue weighted by atomic mass is 32.1. The molecule has 0 aliphatic rings. The van der Waals surface area contributed by atoms with Crippen molar-refractivity contribution in [1.82, 2.24) is 5.32 Å². The van der Waals surface area contributed by atoms with E-state index in [4.69, 9.17) is 22.7 Å². The van der Waals surface area contributed by atoms with Crippen LogP contribution in [0.5, 0.6) is 5.75 Å². The summed E-state index contributed by atoms with van der Waals surface area (Å²) in [5.74, 6) is 0.715. The Hall–Kier alpha value is -1.62. The molecule has 5 heteroatoms. The maximum Gasteiger partial charge on any atom is 0.251 e. The number of amides is 1. The minimum atomic E-state index is -0.297. The van der Waals surface area contributed by atoms with Gasteiger partial charge in [-0.1, -0.05) is 26.1 Å². The molecule has 0 radical (unpaired) electrons. The van der Waals surface area contributed by atoms with Gasteiger partial charge >= 0.3 is 0 Å². The van der Waals surface area contributed by atoms with Crippen molar-refractivity contribution in [3.8, 4) is 5.75 Å². The van der Waals surface area contributed by atoms with Crippen LogP contribution in [0.3, 0.4) is 0 Å². The molecule has 0 aliphatic heterocycles. The Labute approximate surface area is 119 Å². The van der Waals surface area contributed by atoms with Gasteiger partial charge in [0, 0.05) is 5.56 Å². The summed E-state index contributed by atoms with van der Waals surface area (Å²) in [6, 6.07) is 6.68. The Balaban J connectivity index is 2.74. The van der Waals surface area contributed by atoms with E-state index in [1.54, 1.807) is 24.3 Å². The minimum Gasteiger partial charge on any atom is -0.494 e. The second-order valence-corrected chi connectivity index (χ2v) is 5.03. The number of hydrogen-bond donors (Lipinski definition) is 2. The number of benzene rings is 1. The van der Waals surface area contributed by atoms with Gasteiger partial charge in [-0.15, -0.1) is 0 Å². The summed E-state index contributed by atoms with van der Waals surface area (Å²) >= 11 is 4.96. The number of rotatable bonds is 6. The molecular weight excluding hydrogens is 260 g/mol. The van der Waals surface area contributed by atoms with Crippen molar-refractivity contribution in [1.29, 1.82) is 0 Å². The third-order valence-electron chi connectivity index (χ3n) is 2.69. The van der Waals surface area contributed by atoms with Gasteiger partial charge in [0.2, 0.25) is 0 Å². The number of thiocarbonyl (C=S) groups is 1. The topological polar surface area (TPSA) is 64.3 Å². The molecule has 19 heavy (non-hydrogen) atoms. The fraction of sp³-hybridized carbons (Fsp3) is 0.429. The van der Waals surface area contributed by atoms with Crippen LogP contribution in [-0.2, 0) is 0 Å². The molecule has 1 aromatic carbocycles. The molecule has 0 spiro atoms. The normalized spacial score (nSPS) is 12.0. The lowest BCUT2D eigenvalue weighted by molar-refractivity contribution is 0.0940. The Kier molecular flexibility index (Phi) is 5.76. The van der Waals surface area contributed by atoms with Crippen molar-refractivity contribution in [3.63, 3.8) is 0 Å². The second kappa shape index (κ2) is 7.09. The molecule has 0 aliphatic carbocycles. The number of carbonyl (C=O) groups excluding carboxylic acids is 1. The van der Waals surface area contributed by atoms with Crippen LogP contribution in [0.4, 0.5) is 0 Å². The largest absolute Gasteiger partial charge is 0.494 e. The zero-order valence-electron chi connectivity index (χ0n) is 11.5. The first-order valence-electron chi connectivity index (χ1n) is 6.28. The molecule has 104 valence electrons. The van der Waals surface area contributed by atoms with Gasteiger partial charge in [0.1, 0.15) is 5.75 Å². The minimum absolute atomic E-state index is 0.157. The molecule has 1 aromatic rings. The van der Waals surface area contributed by atoms with Crippen LogP contribution in [0.1, 0.15) is 31.1 Å². The van der Waals surface area contributed by atoms with E-state index in [9.17, 15) is 4.79 Å². The third-order valence-corrected chi connectivity index (χ3v) is 2.94. The number of nitrogens with one attached hydrogen (secondary N) is 1. The number of nitrogens with two attached hydrogens (primary N) is 1. The van der Waals surface area contributed by atoms with Crippen LogP contribution in [0.25, 0.3) is 0 Å². The summed E-state index contributed by atoms with van der Waals surface area (Å²) in [6.45, 7) is 6.43.